The molecule has 0 saturated heterocycles. The highest BCUT2D eigenvalue weighted by atomic mass is 35.5. The van der Waals surface area contributed by atoms with Crippen molar-refractivity contribution in [3.8, 4) is 11.6 Å². The van der Waals surface area contributed by atoms with Crippen molar-refractivity contribution in [3.05, 3.63) is 41.7 Å². The van der Waals surface area contributed by atoms with Crippen LogP contribution in [0.5, 0.6) is 11.6 Å². The molecule has 0 bridgehead atoms. The summed E-state index contributed by atoms with van der Waals surface area (Å²) in [5, 5.41) is 1.31. The Hall–Kier alpha value is -2.27. The van der Waals surface area contributed by atoms with Crippen LogP contribution in [0.25, 0.3) is 10.9 Å². The number of nitrogens with two attached hydrogens (primary N) is 1. The quantitative estimate of drug-likeness (QED) is 0.695. The van der Waals surface area contributed by atoms with E-state index < -0.39 is 0 Å². The number of hydrogen-bond acceptors (Lipinski definition) is 4. The third-order valence-corrected chi connectivity index (χ3v) is 2.63. The zero-order chi connectivity index (χ0) is 12.5. The van der Waals surface area contributed by atoms with Gasteiger partial charge in [0.25, 0.3) is 0 Å². The van der Waals surface area contributed by atoms with Crippen LogP contribution in [0.3, 0.4) is 0 Å². The van der Waals surface area contributed by atoms with Gasteiger partial charge in [-0.2, -0.15) is 4.98 Å². The van der Waals surface area contributed by atoms with E-state index >= 15 is 0 Å². The molecular weight excluding hydrogens is 252 g/mol. The molecule has 3 rings (SSSR count). The van der Waals surface area contributed by atoms with Gasteiger partial charge in [0.15, 0.2) is 0 Å². The van der Waals surface area contributed by atoms with Crippen LogP contribution in [0.4, 0.5) is 5.95 Å². The van der Waals surface area contributed by atoms with Crippen LogP contribution in [-0.4, -0.2) is 15.0 Å². The second-order valence-electron chi connectivity index (χ2n) is 3.72. The first-order valence-corrected chi connectivity index (χ1v) is 5.63. The molecule has 5 nitrogen and oxygen atoms in total. The molecule has 3 N–H and O–H groups in total. The molecule has 1 aromatic carbocycles. The van der Waals surface area contributed by atoms with Gasteiger partial charge < -0.3 is 15.5 Å². The molecular formula is C12H9ClN4O. The Balaban J connectivity index is 1.95. The number of anilines is 1. The van der Waals surface area contributed by atoms with Gasteiger partial charge in [-0.25, -0.2) is 4.98 Å². The number of ether oxygens (including phenoxy) is 1. The molecule has 0 unspecified atom stereocenters. The van der Waals surface area contributed by atoms with Crippen molar-refractivity contribution in [2.45, 2.75) is 0 Å². The normalized spacial score (nSPS) is 10.7. The van der Waals surface area contributed by atoms with E-state index in [0.29, 0.717) is 11.6 Å². The maximum Gasteiger partial charge on any atom is 0.225 e. The number of rotatable bonds is 2. The number of aromatic nitrogens is 3. The van der Waals surface area contributed by atoms with Gasteiger partial charge in [0.05, 0.1) is 0 Å². The maximum atomic E-state index is 5.78. The predicted molar refractivity (Wildman–Crippen MR) is 69.8 cm³/mol. The largest absolute Gasteiger partial charge is 0.439 e. The van der Waals surface area contributed by atoms with Crippen molar-refractivity contribution in [1.82, 2.24) is 15.0 Å². The Morgan fingerprint density at radius 2 is 2.06 bits per heavy atom. The number of aromatic amines is 1. The number of fused-ring (bicyclic) bond motifs is 1. The summed E-state index contributed by atoms with van der Waals surface area (Å²) in [5.41, 5.74) is 6.54. The van der Waals surface area contributed by atoms with E-state index in [0.717, 1.165) is 10.9 Å². The Bertz CT molecular complexity index is 690. The fourth-order valence-electron chi connectivity index (χ4n) is 1.68. The van der Waals surface area contributed by atoms with Crippen LogP contribution in [0.2, 0.25) is 5.15 Å². The van der Waals surface area contributed by atoms with Crippen LogP contribution in [0, 0.1) is 0 Å². The van der Waals surface area contributed by atoms with Crippen molar-refractivity contribution in [3.63, 3.8) is 0 Å². The number of nitrogens with zero attached hydrogens (tertiary/aromatic N) is 2. The van der Waals surface area contributed by atoms with Gasteiger partial charge in [-0.3, -0.25) is 0 Å². The summed E-state index contributed by atoms with van der Waals surface area (Å²) < 4.78 is 5.59. The van der Waals surface area contributed by atoms with Crippen molar-refractivity contribution in [2.24, 2.45) is 0 Å². The van der Waals surface area contributed by atoms with Gasteiger partial charge in [0.1, 0.15) is 10.9 Å². The first-order chi connectivity index (χ1) is 8.70. The van der Waals surface area contributed by atoms with Crippen molar-refractivity contribution < 1.29 is 4.74 Å². The third kappa shape index (κ3) is 2.08. The standard InChI is InChI=1S/C12H9ClN4O/c13-10-6-11(17-12(14)16-10)18-8-1-2-9-7(5-8)3-4-15-9/h1-6,15H,(H2,14,16,17). The Morgan fingerprint density at radius 1 is 1.17 bits per heavy atom. The SMILES string of the molecule is Nc1nc(Cl)cc(Oc2ccc3[nH]ccc3c2)n1. The smallest absolute Gasteiger partial charge is 0.225 e. The summed E-state index contributed by atoms with van der Waals surface area (Å²) in [6, 6.07) is 9.14. The van der Waals surface area contributed by atoms with Crippen LogP contribution >= 0.6 is 11.6 Å². The number of nitrogen functional groups attached to an aromatic ring is 1. The lowest BCUT2D eigenvalue weighted by atomic mass is 10.2. The topological polar surface area (TPSA) is 76.8 Å². The van der Waals surface area contributed by atoms with Gasteiger partial charge in [0.2, 0.25) is 11.8 Å². The molecule has 3 aromatic rings. The van der Waals surface area contributed by atoms with Crippen LogP contribution in [0.1, 0.15) is 0 Å². The predicted octanol–water partition coefficient (Wildman–Crippen LogP) is 2.99. The average molecular weight is 261 g/mol. The number of H-pyrrole nitrogens is 1. The number of benzene rings is 1. The van der Waals surface area contributed by atoms with Crippen LogP contribution in [0.15, 0.2) is 36.5 Å². The minimum atomic E-state index is 0.0835. The maximum absolute atomic E-state index is 5.78. The Morgan fingerprint density at radius 3 is 2.89 bits per heavy atom. The molecule has 90 valence electrons. The molecule has 6 heteroatoms. The molecule has 0 saturated carbocycles. The molecule has 18 heavy (non-hydrogen) atoms. The van der Waals surface area contributed by atoms with E-state index in [9.17, 15) is 0 Å². The Labute approximate surface area is 108 Å². The molecule has 0 atom stereocenters. The number of hydrogen-bond donors (Lipinski definition) is 2. The van der Waals surface area contributed by atoms with Crippen molar-refractivity contribution in [1.29, 1.82) is 0 Å². The summed E-state index contributed by atoms with van der Waals surface area (Å²) >= 11 is 5.78. The first-order valence-electron chi connectivity index (χ1n) is 5.26. The molecule has 0 aliphatic rings. The lowest BCUT2D eigenvalue weighted by molar-refractivity contribution is 0.463. The summed E-state index contributed by atoms with van der Waals surface area (Å²) in [7, 11) is 0. The molecule has 2 heterocycles. The van der Waals surface area contributed by atoms with Gasteiger partial charge in [0, 0.05) is 23.2 Å². The fourth-order valence-corrected chi connectivity index (χ4v) is 1.86. The first kappa shape index (κ1) is 10.9. The van der Waals surface area contributed by atoms with E-state index in [1.54, 1.807) is 0 Å². The molecule has 0 aliphatic carbocycles. The van der Waals surface area contributed by atoms with Gasteiger partial charge in [-0.15, -0.1) is 0 Å². The number of halogens is 1. The molecule has 0 fully saturated rings. The lowest BCUT2D eigenvalue weighted by Gasteiger charge is -2.05. The number of nitrogens with one attached hydrogen (secondary N) is 1. The molecule has 2 aromatic heterocycles. The lowest BCUT2D eigenvalue weighted by Crippen LogP contribution is -1.97. The molecule has 0 amide bonds. The van der Waals surface area contributed by atoms with E-state index in [4.69, 9.17) is 22.1 Å². The third-order valence-electron chi connectivity index (χ3n) is 2.44. The van der Waals surface area contributed by atoms with E-state index in [1.807, 2.05) is 30.5 Å². The van der Waals surface area contributed by atoms with Gasteiger partial charge in [-0.05, 0) is 24.3 Å². The van der Waals surface area contributed by atoms with Crippen LogP contribution < -0.4 is 10.5 Å². The van der Waals surface area contributed by atoms with Crippen molar-refractivity contribution >= 4 is 28.5 Å². The van der Waals surface area contributed by atoms with E-state index in [-0.39, 0.29) is 11.1 Å². The second-order valence-corrected chi connectivity index (χ2v) is 4.10. The zero-order valence-electron chi connectivity index (χ0n) is 9.22. The second kappa shape index (κ2) is 4.19. The van der Waals surface area contributed by atoms with E-state index in [2.05, 4.69) is 15.0 Å². The zero-order valence-corrected chi connectivity index (χ0v) is 9.98. The summed E-state index contributed by atoms with van der Waals surface area (Å²) in [5.74, 6) is 1.07. The highest BCUT2D eigenvalue weighted by Gasteiger charge is 2.04. The molecule has 0 spiro atoms. The van der Waals surface area contributed by atoms with Gasteiger partial charge >= 0.3 is 0 Å². The summed E-state index contributed by atoms with van der Waals surface area (Å²) in [4.78, 5) is 10.8. The Kier molecular flexibility index (Phi) is 2.53. The highest BCUT2D eigenvalue weighted by molar-refractivity contribution is 6.29. The molecule has 0 aliphatic heterocycles. The monoisotopic (exact) mass is 260 g/mol. The van der Waals surface area contributed by atoms with Crippen LogP contribution in [-0.2, 0) is 0 Å². The van der Waals surface area contributed by atoms with Crippen molar-refractivity contribution in [2.75, 3.05) is 5.73 Å². The summed E-state index contributed by atoms with van der Waals surface area (Å²) in [6.07, 6.45) is 1.87. The highest BCUT2D eigenvalue weighted by Crippen LogP contribution is 2.25. The minimum Gasteiger partial charge on any atom is -0.439 e. The molecule has 0 radical (unpaired) electrons. The fraction of sp³-hybridized carbons (Fsp3) is 0. The average Bonchev–Trinajstić information content (AvgIpc) is 2.74. The van der Waals surface area contributed by atoms with E-state index in [1.165, 1.54) is 6.07 Å². The summed E-state index contributed by atoms with van der Waals surface area (Å²) in [6.45, 7) is 0. The van der Waals surface area contributed by atoms with Gasteiger partial charge in [-0.1, -0.05) is 11.6 Å². The minimum absolute atomic E-state index is 0.0835.